The molecule has 0 unspecified atom stereocenters. The quantitative estimate of drug-likeness (QED) is 0.0317. The Bertz CT molecular complexity index is 2640. The van der Waals surface area contributed by atoms with Gasteiger partial charge in [-0.05, 0) is 55.8 Å². The molecule has 29 heteroatoms. The van der Waals surface area contributed by atoms with Crippen molar-refractivity contribution in [3.05, 3.63) is 96.1 Å². The number of alkyl halides is 3. The molecule has 0 aliphatic carbocycles. The predicted octanol–water partition coefficient (Wildman–Crippen LogP) is 2.27. The fraction of sp³-hybridized carbons (Fsp3) is 0.467. The van der Waals surface area contributed by atoms with Gasteiger partial charge in [-0.3, -0.25) is 23.3 Å². The first kappa shape index (κ1) is 58.7. The van der Waals surface area contributed by atoms with Crippen LogP contribution in [0.25, 0.3) is 0 Å². The molecule has 3 aromatic carbocycles. The van der Waals surface area contributed by atoms with E-state index in [1.165, 1.54) is 63.4 Å². The summed E-state index contributed by atoms with van der Waals surface area (Å²) >= 11 is 0. The third-order valence-electron chi connectivity index (χ3n) is 10.5. The largest absolute Gasteiger partial charge is 0.856 e. The summed E-state index contributed by atoms with van der Waals surface area (Å²) in [6, 6.07) is 17.1. The zero-order valence-electron chi connectivity index (χ0n) is 39.1. The molecule has 2 aliphatic heterocycles. The van der Waals surface area contributed by atoms with E-state index >= 15 is 0 Å². The number of nitrogens with zero attached hydrogens (tertiary/aromatic N) is 1. The molecule has 2 heterocycles. The first-order chi connectivity index (χ1) is 34.8. The Morgan fingerprint density at radius 3 is 1.84 bits per heavy atom. The summed E-state index contributed by atoms with van der Waals surface area (Å²) in [7, 11) is -10.4. The Morgan fingerprint density at radius 1 is 0.703 bits per heavy atom. The first-order valence-electron chi connectivity index (χ1n) is 21.9. The number of benzene rings is 3. The lowest BCUT2D eigenvalue weighted by molar-refractivity contribution is -0.341. The summed E-state index contributed by atoms with van der Waals surface area (Å²) in [6.07, 6.45) is -28.2. The molecule has 74 heavy (non-hydrogen) atoms. The van der Waals surface area contributed by atoms with Crippen molar-refractivity contribution in [3.8, 4) is 11.5 Å². The molecule has 0 saturated carbocycles. The Balaban J connectivity index is 1.77. The number of ether oxygens (including phenoxy) is 9. The van der Waals surface area contributed by atoms with Gasteiger partial charge in [0.15, 0.2) is 18.5 Å². The van der Waals surface area contributed by atoms with E-state index < -0.39 is 156 Å². The number of Topliss-reactive ketones (excluding diaryl/α,β-unsaturated/α-hetero) is 2. The monoisotopic (exact) mass is 1090 g/mol. The Morgan fingerprint density at radius 2 is 1.27 bits per heavy atom. The second-order valence-corrected chi connectivity index (χ2v) is 18.2. The summed E-state index contributed by atoms with van der Waals surface area (Å²) in [4.78, 5) is 67.5. The number of halogens is 3. The Labute approximate surface area is 420 Å². The number of carbonyl (C=O) groups excluding carboxylic acids is 5. The van der Waals surface area contributed by atoms with Crippen LogP contribution in [0, 0.1) is 0 Å². The summed E-state index contributed by atoms with van der Waals surface area (Å²) in [5.41, 5.74) is 0.222. The normalized spacial score (nSPS) is 24.5. The van der Waals surface area contributed by atoms with E-state index in [9.17, 15) is 68.2 Å². The van der Waals surface area contributed by atoms with Gasteiger partial charge in [0.1, 0.15) is 66.2 Å². The summed E-state index contributed by atoms with van der Waals surface area (Å²) in [5, 5.41) is 12.9. The lowest BCUT2D eigenvalue weighted by Crippen LogP contribution is -2.67. The molecule has 0 spiro atoms. The van der Waals surface area contributed by atoms with Crippen molar-refractivity contribution in [1.29, 1.82) is 0 Å². The van der Waals surface area contributed by atoms with Crippen LogP contribution in [0.2, 0.25) is 0 Å². The van der Waals surface area contributed by atoms with E-state index in [2.05, 4.69) is 9.18 Å². The van der Waals surface area contributed by atoms with Crippen LogP contribution in [0.15, 0.2) is 89.9 Å². The van der Waals surface area contributed by atoms with Gasteiger partial charge in [-0.2, -0.15) is 21.6 Å². The summed E-state index contributed by atoms with van der Waals surface area (Å²) < 4.78 is 175. The molecule has 0 amide bonds. The average Bonchev–Trinajstić information content (AvgIpc) is 3.33. The van der Waals surface area contributed by atoms with Crippen LogP contribution >= 0.6 is 0 Å². The van der Waals surface area contributed by atoms with E-state index in [0.29, 0.717) is 5.56 Å². The second kappa shape index (κ2) is 26.4. The SMILES string of the molecule is COc1ccc(O[C@@H]2O[C@H](COS(=O)(=O)[O-])[C@H](OS(=O)(=O)O)[C@H](O[C@@H]3O[C@H](COC(=O)CCC(C)=O)[C@@H](OC(=O)CCC(C)=O)[C@H](OCc4ccccc4)[C@H]3OC(=O)c3ccccc3)[C@H]2N=C([O-])C(F)(F)F)cc1. The number of hydrogen-bond donors (Lipinski definition) is 1. The average molecular weight is 1090 g/mol. The van der Waals surface area contributed by atoms with Crippen LogP contribution in [0.1, 0.15) is 55.5 Å². The topological polar surface area (TPSA) is 334 Å². The van der Waals surface area contributed by atoms with Crippen LogP contribution < -0.4 is 14.6 Å². The van der Waals surface area contributed by atoms with Crippen LogP contribution in [-0.4, -0.2) is 149 Å². The summed E-state index contributed by atoms with van der Waals surface area (Å²) in [5.74, 6) is -7.24. The van der Waals surface area contributed by atoms with Crippen molar-refractivity contribution in [3.63, 3.8) is 0 Å². The number of aliphatic imine (C=N–C) groups is 1. The molecule has 3 aromatic rings. The molecule has 2 fully saturated rings. The third kappa shape index (κ3) is 18.3. The Kier molecular flexibility index (Phi) is 20.9. The maximum atomic E-state index is 14.2. The van der Waals surface area contributed by atoms with Gasteiger partial charge >= 0.3 is 34.5 Å². The fourth-order valence-corrected chi connectivity index (χ4v) is 7.92. The molecule has 24 nitrogen and oxygen atoms in total. The smallest absolute Gasteiger partial charge is 0.419 e. The van der Waals surface area contributed by atoms with E-state index in [-0.39, 0.29) is 29.9 Å². The molecule has 5 rings (SSSR count). The molecule has 406 valence electrons. The number of hydrogen-bond acceptors (Lipinski definition) is 23. The van der Waals surface area contributed by atoms with Crippen LogP contribution in [0.5, 0.6) is 11.5 Å². The van der Waals surface area contributed by atoms with Gasteiger partial charge < -0.3 is 61.9 Å². The van der Waals surface area contributed by atoms with Crippen molar-refractivity contribution in [2.75, 3.05) is 20.3 Å². The van der Waals surface area contributed by atoms with E-state index in [1.807, 2.05) is 0 Å². The number of ketones is 2. The maximum absolute atomic E-state index is 14.2. The maximum Gasteiger partial charge on any atom is 0.419 e. The highest BCUT2D eigenvalue weighted by molar-refractivity contribution is 7.81. The van der Waals surface area contributed by atoms with E-state index in [0.717, 1.165) is 12.1 Å². The van der Waals surface area contributed by atoms with Gasteiger partial charge in [0.05, 0.1) is 44.6 Å². The van der Waals surface area contributed by atoms with Gasteiger partial charge in [-0.25, -0.2) is 17.4 Å². The van der Waals surface area contributed by atoms with Crippen molar-refractivity contribution in [1.82, 2.24) is 0 Å². The van der Waals surface area contributed by atoms with Crippen LogP contribution in [-0.2, 0) is 88.1 Å². The molecule has 2 aliphatic rings. The lowest BCUT2D eigenvalue weighted by Gasteiger charge is -2.49. The molecule has 0 radical (unpaired) electrons. The third-order valence-corrected chi connectivity index (χ3v) is 11.4. The molecule has 0 aromatic heterocycles. The number of methoxy groups -OCH3 is 1. The molecule has 0 bridgehead atoms. The number of rotatable bonds is 25. The zero-order valence-corrected chi connectivity index (χ0v) is 40.8. The van der Waals surface area contributed by atoms with Crippen LogP contribution in [0.4, 0.5) is 13.2 Å². The van der Waals surface area contributed by atoms with Gasteiger partial charge in [-0.1, -0.05) is 48.5 Å². The standard InChI is InChI=1S/C45H50F3NO23S2/c1-25(50)14-20-33(52)63-23-31-36(69-34(53)21-15-26(2)51)39(64-22-27-10-6-4-7-11-27)40(70-41(54)28-12-8-5-9-13-28)43(68-31)71-38-35(49-44(55)45(46,47)48)42(66-30-18-16-29(62-3)17-19-30)67-32(24-65-73(56,57)58)37(38)72-74(59,60)61/h4-13,16-19,31-32,35-40,42-43H,14-15,20-24H2,1-3H3,(H,49,55)(H,56,57,58)(H,59,60,61)/p-2/t31-,32-,35-,36-,37+,38-,39+,40-,42-,43+/m1/s1. The lowest BCUT2D eigenvalue weighted by atomic mass is 9.95. The summed E-state index contributed by atoms with van der Waals surface area (Å²) in [6.45, 7) is -0.637. The molecular weight excluding hydrogens is 1040 g/mol. The highest BCUT2D eigenvalue weighted by Gasteiger charge is 2.57. The molecule has 2 saturated heterocycles. The first-order valence-corrected chi connectivity index (χ1v) is 24.6. The molecule has 1 N–H and O–H groups in total. The van der Waals surface area contributed by atoms with Crippen molar-refractivity contribution in [2.45, 2.75) is 114 Å². The molecule has 10 atom stereocenters. The van der Waals surface area contributed by atoms with Crippen molar-refractivity contribution in [2.24, 2.45) is 4.99 Å². The zero-order chi connectivity index (χ0) is 54.4. The van der Waals surface area contributed by atoms with Gasteiger partial charge in [-0.15, -0.1) is 0 Å². The van der Waals surface area contributed by atoms with Gasteiger partial charge in [0.25, 0.3) is 0 Å². The van der Waals surface area contributed by atoms with Gasteiger partial charge in [0.2, 0.25) is 16.7 Å². The van der Waals surface area contributed by atoms with Crippen LogP contribution in [0.3, 0.4) is 0 Å². The number of esters is 3. The van der Waals surface area contributed by atoms with E-state index in [4.69, 9.17) is 46.8 Å². The second-order valence-electron chi connectivity index (χ2n) is 16.1. The Hall–Kier alpha value is -6.15. The number of carbonyl (C=O) groups is 5. The minimum atomic E-state index is -5.90. The highest BCUT2D eigenvalue weighted by Crippen LogP contribution is 2.38. The fourth-order valence-electron chi connectivity index (χ4n) is 7.10. The van der Waals surface area contributed by atoms with Crippen molar-refractivity contribution < 1.29 is 119 Å². The van der Waals surface area contributed by atoms with Crippen molar-refractivity contribution >= 4 is 56.2 Å². The minimum Gasteiger partial charge on any atom is -0.856 e. The minimum absolute atomic E-state index is 0.184. The van der Waals surface area contributed by atoms with Gasteiger partial charge in [0, 0.05) is 12.8 Å². The van der Waals surface area contributed by atoms with E-state index in [1.54, 1.807) is 30.3 Å². The molecular formula is C45H48F3NO23S2-2. The highest BCUT2D eigenvalue weighted by atomic mass is 32.3. The predicted molar refractivity (Wildman–Crippen MR) is 236 cm³/mol.